The van der Waals surface area contributed by atoms with Crippen molar-refractivity contribution in [3.05, 3.63) is 0 Å². The van der Waals surface area contributed by atoms with Gasteiger partial charge in [-0.3, -0.25) is 4.21 Å². The summed E-state index contributed by atoms with van der Waals surface area (Å²) < 4.78 is 11.1. The van der Waals surface area contributed by atoms with E-state index in [1.54, 1.807) is 6.26 Å². The largest absolute Gasteiger partial charge is 0.311 e. The highest BCUT2D eigenvalue weighted by atomic mass is 32.2. The summed E-state index contributed by atoms with van der Waals surface area (Å²) in [6, 6.07) is 0.948. The van der Waals surface area contributed by atoms with Gasteiger partial charge in [0.05, 0.1) is 0 Å². The molecule has 1 aliphatic rings. The summed E-state index contributed by atoms with van der Waals surface area (Å²) in [7, 11) is -0.681. The Morgan fingerprint density at radius 3 is 2.44 bits per heavy atom. The molecule has 3 atom stereocenters. The first-order valence-corrected chi connectivity index (χ1v) is 8.36. The number of hydrogen-bond acceptors (Lipinski definition) is 2. The van der Waals surface area contributed by atoms with Gasteiger partial charge >= 0.3 is 0 Å². The Kier molecular flexibility index (Phi) is 6.59. The minimum absolute atomic E-state index is 0.379. The van der Waals surface area contributed by atoms with Crippen LogP contribution in [-0.2, 0) is 10.8 Å². The third-order valence-corrected chi connectivity index (χ3v) is 4.51. The third-order valence-electron chi connectivity index (χ3n) is 3.54. The third kappa shape index (κ3) is 6.00. The Balaban J connectivity index is 2.09. The van der Waals surface area contributed by atoms with Crippen molar-refractivity contribution in [3.63, 3.8) is 0 Å². The number of nitrogens with one attached hydrogen (secondary N) is 1. The fourth-order valence-electron chi connectivity index (χ4n) is 2.75. The Hall–Kier alpha value is 0.110. The zero-order valence-electron chi connectivity index (χ0n) is 11.0. The molecule has 1 rings (SSSR count). The molecule has 1 aliphatic carbocycles. The maximum atomic E-state index is 11.1. The second kappa shape index (κ2) is 7.44. The number of rotatable bonds is 7. The van der Waals surface area contributed by atoms with Crippen LogP contribution in [0.5, 0.6) is 0 Å². The van der Waals surface area contributed by atoms with Gasteiger partial charge in [0.25, 0.3) is 0 Å². The van der Waals surface area contributed by atoms with Crippen LogP contribution in [0.2, 0.25) is 0 Å². The molecule has 0 saturated heterocycles. The highest BCUT2D eigenvalue weighted by Crippen LogP contribution is 2.28. The van der Waals surface area contributed by atoms with Crippen molar-refractivity contribution in [1.29, 1.82) is 0 Å². The molecule has 0 amide bonds. The topological polar surface area (TPSA) is 29.1 Å². The summed E-state index contributed by atoms with van der Waals surface area (Å²) in [5.74, 6) is 1.76. The van der Waals surface area contributed by atoms with Crippen LogP contribution in [0.15, 0.2) is 0 Å². The molecular formula is C13H27NOS. The van der Waals surface area contributed by atoms with Crippen LogP contribution >= 0.6 is 0 Å². The van der Waals surface area contributed by atoms with Crippen molar-refractivity contribution >= 4 is 10.8 Å². The van der Waals surface area contributed by atoms with Gasteiger partial charge in [-0.1, -0.05) is 25.7 Å². The fraction of sp³-hybridized carbons (Fsp3) is 1.00. The fourth-order valence-corrected chi connectivity index (χ4v) is 3.55. The van der Waals surface area contributed by atoms with Crippen LogP contribution in [0, 0.1) is 5.92 Å². The maximum Gasteiger partial charge on any atom is 0.0383 e. The van der Waals surface area contributed by atoms with E-state index in [1.165, 1.54) is 38.5 Å². The van der Waals surface area contributed by atoms with Gasteiger partial charge in [-0.25, -0.2) is 0 Å². The van der Waals surface area contributed by atoms with Gasteiger partial charge in [0.15, 0.2) is 0 Å². The van der Waals surface area contributed by atoms with Crippen molar-refractivity contribution in [2.75, 3.05) is 12.0 Å². The average molecular weight is 245 g/mol. The summed E-state index contributed by atoms with van der Waals surface area (Å²) in [6.07, 6.45) is 10.2. The van der Waals surface area contributed by atoms with E-state index in [1.807, 2.05) is 0 Å². The first-order chi connectivity index (χ1) is 7.58. The predicted octanol–water partition coefficient (Wildman–Crippen LogP) is 2.70. The molecule has 0 spiro atoms. The average Bonchev–Trinajstić information content (AvgIpc) is 2.65. The van der Waals surface area contributed by atoms with Crippen molar-refractivity contribution in [2.24, 2.45) is 5.92 Å². The monoisotopic (exact) mass is 245 g/mol. The van der Waals surface area contributed by atoms with Gasteiger partial charge in [0, 0.05) is 34.9 Å². The Bertz CT molecular complexity index is 214. The van der Waals surface area contributed by atoms with Crippen molar-refractivity contribution in [2.45, 2.75) is 64.5 Å². The summed E-state index contributed by atoms with van der Waals surface area (Å²) in [4.78, 5) is 0. The van der Waals surface area contributed by atoms with Gasteiger partial charge in [-0.15, -0.1) is 0 Å². The van der Waals surface area contributed by atoms with E-state index in [-0.39, 0.29) is 0 Å². The highest BCUT2D eigenvalue weighted by molar-refractivity contribution is 7.84. The summed E-state index contributed by atoms with van der Waals surface area (Å²) in [5.41, 5.74) is 0. The van der Waals surface area contributed by atoms with Crippen LogP contribution in [0.3, 0.4) is 0 Å². The van der Waals surface area contributed by atoms with Crippen molar-refractivity contribution < 1.29 is 4.21 Å². The maximum absolute atomic E-state index is 11.1. The van der Waals surface area contributed by atoms with E-state index >= 15 is 0 Å². The molecule has 3 unspecified atom stereocenters. The standard InChI is InChI=1S/C13H27NOS/c1-11(14-12(2)10-16(3)15)8-9-13-6-4-5-7-13/h11-14H,4-10H2,1-3H3. The van der Waals surface area contributed by atoms with Crippen LogP contribution in [0.1, 0.15) is 52.4 Å². The number of hydrogen-bond donors (Lipinski definition) is 1. The lowest BCUT2D eigenvalue weighted by Crippen LogP contribution is -2.37. The van der Waals surface area contributed by atoms with Gasteiger partial charge in [0.2, 0.25) is 0 Å². The molecule has 2 nitrogen and oxygen atoms in total. The zero-order valence-corrected chi connectivity index (χ0v) is 11.8. The Labute approximate surface area is 103 Å². The molecule has 1 N–H and O–H groups in total. The molecule has 96 valence electrons. The van der Waals surface area contributed by atoms with E-state index < -0.39 is 10.8 Å². The SMILES string of the molecule is CC(CCC1CCCC1)NC(C)CS(C)=O. The first-order valence-electron chi connectivity index (χ1n) is 6.64. The molecule has 1 fully saturated rings. The Morgan fingerprint density at radius 1 is 1.25 bits per heavy atom. The second-order valence-corrected chi connectivity index (χ2v) is 6.92. The molecular weight excluding hydrogens is 218 g/mol. The molecule has 0 radical (unpaired) electrons. The van der Waals surface area contributed by atoms with Gasteiger partial charge < -0.3 is 5.32 Å². The molecule has 0 aromatic rings. The lowest BCUT2D eigenvalue weighted by atomic mass is 9.99. The minimum atomic E-state index is -0.681. The van der Waals surface area contributed by atoms with Gasteiger partial charge in [-0.05, 0) is 32.6 Å². The highest BCUT2D eigenvalue weighted by Gasteiger charge is 2.16. The molecule has 3 heteroatoms. The molecule has 0 aromatic carbocycles. The lowest BCUT2D eigenvalue weighted by molar-refractivity contribution is 0.402. The second-order valence-electron chi connectivity index (χ2n) is 5.44. The van der Waals surface area contributed by atoms with Crippen molar-refractivity contribution in [3.8, 4) is 0 Å². The summed E-state index contributed by atoms with van der Waals surface area (Å²) >= 11 is 0. The van der Waals surface area contributed by atoms with E-state index in [2.05, 4.69) is 19.2 Å². The van der Waals surface area contributed by atoms with E-state index in [0.717, 1.165) is 11.7 Å². The van der Waals surface area contributed by atoms with E-state index in [0.29, 0.717) is 12.1 Å². The normalized spacial score (nSPS) is 23.2. The van der Waals surface area contributed by atoms with Crippen LogP contribution < -0.4 is 5.32 Å². The molecule has 0 aliphatic heterocycles. The molecule has 1 saturated carbocycles. The smallest absolute Gasteiger partial charge is 0.0383 e. The summed E-state index contributed by atoms with van der Waals surface area (Å²) in [5, 5.41) is 3.54. The predicted molar refractivity (Wildman–Crippen MR) is 72.2 cm³/mol. The first kappa shape index (κ1) is 14.2. The van der Waals surface area contributed by atoms with E-state index in [4.69, 9.17) is 0 Å². The van der Waals surface area contributed by atoms with E-state index in [9.17, 15) is 4.21 Å². The van der Waals surface area contributed by atoms with Crippen molar-refractivity contribution in [1.82, 2.24) is 5.32 Å². The lowest BCUT2D eigenvalue weighted by Gasteiger charge is -2.20. The Morgan fingerprint density at radius 2 is 1.88 bits per heavy atom. The minimum Gasteiger partial charge on any atom is -0.311 e. The molecule has 0 heterocycles. The molecule has 0 bridgehead atoms. The van der Waals surface area contributed by atoms with Gasteiger partial charge in [-0.2, -0.15) is 0 Å². The quantitative estimate of drug-likeness (QED) is 0.747. The molecule has 0 aromatic heterocycles. The molecule has 16 heavy (non-hydrogen) atoms. The van der Waals surface area contributed by atoms with Gasteiger partial charge in [0.1, 0.15) is 0 Å². The zero-order chi connectivity index (χ0) is 12.0. The van der Waals surface area contributed by atoms with Crippen LogP contribution in [0.25, 0.3) is 0 Å². The van der Waals surface area contributed by atoms with Crippen LogP contribution in [-0.4, -0.2) is 28.3 Å². The van der Waals surface area contributed by atoms with Crippen LogP contribution in [0.4, 0.5) is 0 Å². The summed E-state index contributed by atoms with van der Waals surface area (Å²) in [6.45, 7) is 4.39.